The van der Waals surface area contributed by atoms with E-state index in [9.17, 15) is 18.3 Å². The van der Waals surface area contributed by atoms with Crippen LogP contribution in [0.2, 0.25) is 5.15 Å². The number of carboxylic acid groups (broad SMARTS) is 1. The summed E-state index contributed by atoms with van der Waals surface area (Å²) in [5.41, 5.74) is -0.822. The summed E-state index contributed by atoms with van der Waals surface area (Å²) in [6.45, 7) is 5.20. The van der Waals surface area contributed by atoms with E-state index in [1.165, 1.54) is 42.6 Å². The number of benzene rings is 1. The van der Waals surface area contributed by atoms with Crippen molar-refractivity contribution in [2.24, 2.45) is 5.41 Å². The summed E-state index contributed by atoms with van der Waals surface area (Å²) in [6, 6.07) is 10.1. The van der Waals surface area contributed by atoms with E-state index >= 15 is 4.39 Å². The van der Waals surface area contributed by atoms with Crippen LogP contribution < -0.4 is 0 Å². The summed E-state index contributed by atoms with van der Waals surface area (Å²) in [4.78, 5) is 16.5. The van der Waals surface area contributed by atoms with Gasteiger partial charge in [0, 0.05) is 30.1 Å². The molecule has 2 aromatic heterocycles. The highest BCUT2D eigenvalue weighted by molar-refractivity contribution is 7.90. The second-order valence-corrected chi connectivity index (χ2v) is 11.0. The van der Waals surface area contributed by atoms with Crippen molar-refractivity contribution in [3.8, 4) is 17.3 Å². The van der Waals surface area contributed by atoms with Crippen LogP contribution in [-0.4, -0.2) is 40.0 Å². The van der Waals surface area contributed by atoms with Gasteiger partial charge in [0.15, 0.2) is 5.82 Å². The van der Waals surface area contributed by atoms with Gasteiger partial charge in [-0.2, -0.15) is 5.26 Å². The molecule has 1 N–H and O–H groups in total. The van der Waals surface area contributed by atoms with Crippen molar-refractivity contribution in [3.05, 3.63) is 70.9 Å². The Balaban J connectivity index is 2.24. The lowest BCUT2D eigenvalue weighted by atomic mass is 9.96. The van der Waals surface area contributed by atoms with E-state index in [-0.39, 0.29) is 45.5 Å². The van der Waals surface area contributed by atoms with Crippen molar-refractivity contribution in [1.82, 2.24) is 13.9 Å². The number of hydrogen-bond donors (Lipinski definition) is 1. The van der Waals surface area contributed by atoms with Crippen LogP contribution in [-0.2, 0) is 16.6 Å². The fraction of sp³-hybridized carbons (Fsp3) is 0.261. The Morgan fingerprint density at radius 3 is 2.59 bits per heavy atom. The lowest BCUT2D eigenvalue weighted by Gasteiger charge is -2.27. The van der Waals surface area contributed by atoms with Gasteiger partial charge in [-0.05, 0) is 35.7 Å². The molecule has 11 heteroatoms. The maximum Gasteiger partial charge on any atom is 0.407 e. The molecule has 1 amide bonds. The molecule has 3 aromatic rings. The number of hydrogen-bond acceptors (Lipinski definition) is 5. The Bertz CT molecular complexity index is 1390. The lowest BCUT2D eigenvalue weighted by molar-refractivity contribution is 0.122. The predicted molar refractivity (Wildman–Crippen MR) is 124 cm³/mol. The first-order valence-electron chi connectivity index (χ1n) is 10.1. The molecule has 178 valence electrons. The van der Waals surface area contributed by atoms with E-state index in [2.05, 4.69) is 4.98 Å². The van der Waals surface area contributed by atoms with Gasteiger partial charge < -0.3 is 10.0 Å². The van der Waals surface area contributed by atoms with Crippen molar-refractivity contribution >= 4 is 27.7 Å². The maximum absolute atomic E-state index is 15.8. The van der Waals surface area contributed by atoms with Crippen LogP contribution in [0.25, 0.3) is 11.3 Å². The van der Waals surface area contributed by atoms with Crippen LogP contribution in [0, 0.1) is 22.6 Å². The van der Waals surface area contributed by atoms with Gasteiger partial charge >= 0.3 is 6.09 Å². The molecule has 2 heterocycles. The van der Waals surface area contributed by atoms with Crippen molar-refractivity contribution in [2.45, 2.75) is 32.2 Å². The molecular formula is C23H22ClFN4O4S. The Hall–Kier alpha value is -3.42. The number of aromatic nitrogens is 2. The quantitative estimate of drug-likeness (QED) is 0.473. The van der Waals surface area contributed by atoms with E-state index in [4.69, 9.17) is 16.9 Å². The molecule has 3 rings (SSSR count). The molecule has 0 atom stereocenters. The molecule has 1 aromatic carbocycles. The third kappa shape index (κ3) is 5.21. The highest BCUT2D eigenvalue weighted by Crippen LogP contribution is 2.35. The second-order valence-electron chi connectivity index (χ2n) is 8.80. The van der Waals surface area contributed by atoms with Crippen LogP contribution >= 0.6 is 11.6 Å². The van der Waals surface area contributed by atoms with Gasteiger partial charge in [0.2, 0.25) is 0 Å². The van der Waals surface area contributed by atoms with Crippen LogP contribution in [0.5, 0.6) is 0 Å². The van der Waals surface area contributed by atoms with Crippen molar-refractivity contribution in [2.75, 3.05) is 6.54 Å². The molecule has 0 aliphatic rings. The number of rotatable bonds is 6. The Morgan fingerprint density at radius 1 is 1.29 bits per heavy atom. The maximum atomic E-state index is 15.8. The smallest absolute Gasteiger partial charge is 0.407 e. The van der Waals surface area contributed by atoms with E-state index in [1.54, 1.807) is 0 Å². The normalized spacial score (nSPS) is 11.8. The van der Waals surface area contributed by atoms with Gasteiger partial charge in [0.25, 0.3) is 10.0 Å². The highest BCUT2D eigenvalue weighted by Gasteiger charge is 2.30. The largest absolute Gasteiger partial charge is 0.465 e. The van der Waals surface area contributed by atoms with Gasteiger partial charge in [-0.3, -0.25) is 0 Å². The zero-order valence-corrected chi connectivity index (χ0v) is 20.2. The first-order valence-corrected chi connectivity index (χ1v) is 11.9. The molecule has 0 fully saturated rings. The molecule has 0 unspecified atom stereocenters. The van der Waals surface area contributed by atoms with E-state index in [1.807, 2.05) is 26.8 Å². The van der Waals surface area contributed by atoms with Gasteiger partial charge in [0.05, 0.1) is 23.1 Å². The van der Waals surface area contributed by atoms with Gasteiger partial charge in [-0.1, -0.05) is 38.4 Å². The van der Waals surface area contributed by atoms with Crippen molar-refractivity contribution < 1.29 is 22.7 Å². The Kier molecular flexibility index (Phi) is 7.00. The van der Waals surface area contributed by atoms with Crippen LogP contribution in [0.3, 0.4) is 0 Å². The zero-order valence-electron chi connectivity index (χ0n) is 18.7. The molecule has 0 saturated heterocycles. The van der Waals surface area contributed by atoms with Crippen LogP contribution in [0.1, 0.15) is 31.9 Å². The SMILES string of the molecule is CC(C)(C)CN(Cc1cn(S(=O)(=O)c2cccc(C#N)c2)c(-c2cccnc2Cl)c1F)C(=O)O. The Morgan fingerprint density at radius 2 is 2.00 bits per heavy atom. The monoisotopic (exact) mass is 504 g/mol. The molecule has 0 aliphatic heterocycles. The fourth-order valence-corrected chi connectivity index (χ4v) is 5.07. The summed E-state index contributed by atoms with van der Waals surface area (Å²) in [5.74, 6) is -0.935. The summed E-state index contributed by atoms with van der Waals surface area (Å²) < 4.78 is 43.5. The third-order valence-electron chi connectivity index (χ3n) is 4.81. The third-order valence-corrected chi connectivity index (χ3v) is 6.77. The summed E-state index contributed by atoms with van der Waals surface area (Å²) in [7, 11) is -4.39. The number of nitrogens with zero attached hydrogens (tertiary/aromatic N) is 4. The lowest BCUT2D eigenvalue weighted by Crippen LogP contribution is -2.36. The molecule has 0 aliphatic carbocycles. The minimum atomic E-state index is -4.39. The molecule has 0 spiro atoms. The van der Waals surface area contributed by atoms with Gasteiger partial charge in [-0.15, -0.1) is 0 Å². The van der Waals surface area contributed by atoms with Crippen molar-refractivity contribution in [3.63, 3.8) is 0 Å². The summed E-state index contributed by atoms with van der Waals surface area (Å²) >= 11 is 6.17. The first-order chi connectivity index (χ1) is 15.8. The van der Waals surface area contributed by atoms with Crippen LogP contribution in [0.4, 0.5) is 9.18 Å². The standard InChI is InChI=1S/C23H22ClFN4O4S/c1-23(2,3)14-28(22(30)31)12-16-13-29(20(19(16)25)18-8-5-9-27-21(18)24)34(32,33)17-7-4-6-15(10-17)11-26/h4-10,13H,12,14H2,1-3H3,(H,30,31). The summed E-state index contributed by atoms with van der Waals surface area (Å²) in [6.07, 6.45) is 1.15. The first kappa shape index (κ1) is 25.2. The fourth-order valence-electron chi connectivity index (χ4n) is 3.42. The molecule has 34 heavy (non-hydrogen) atoms. The average molecular weight is 505 g/mol. The number of pyridine rings is 1. The Labute approximate surface area is 201 Å². The van der Waals surface area contributed by atoms with Crippen molar-refractivity contribution in [1.29, 1.82) is 5.26 Å². The van der Waals surface area contributed by atoms with E-state index in [0.29, 0.717) is 3.97 Å². The van der Waals surface area contributed by atoms with E-state index in [0.717, 1.165) is 11.1 Å². The molecule has 0 bridgehead atoms. The number of carbonyl (C=O) groups is 1. The minimum Gasteiger partial charge on any atom is -0.465 e. The second kappa shape index (κ2) is 9.44. The van der Waals surface area contributed by atoms with Crippen LogP contribution in [0.15, 0.2) is 53.7 Å². The zero-order chi connectivity index (χ0) is 25.3. The molecule has 8 nitrogen and oxygen atoms in total. The molecule has 0 radical (unpaired) electrons. The number of amides is 1. The molecule has 0 saturated carbocycles. The topological polar surface area (TPSA) is 116 Å². The van der Waals surface area contributed by atoms with Gasteiger partial charge in [-0.25, -0.2) is 26.6 Å². The predicted octanol–water partition coefficient (Wildman–Crippen LogP) is 4.98. The summed E-state index contributed by atoms with van der Waals surface area (Å²) in [5, 5.41) is 18.7. The van der Waals surface area contributed by atoms with E-state index < -0.39 is 27.3 Å². The number of halogens is 2. The molecular weight excluding hydrogens is 483 g/mol. The van der Waals surface area contributed by atoms with Gasteiger partial charge in [0.1, 0.15) is 10.8 Å². The average Bonchev–Trinajstić information content (AvgIpc) is 3.09. The number of nitriles is 1. The minimum absolute atomic E-state index is 0.0191. The highest BCUT2D eigenvalue weighted by atomic mass is 35.5.